The van der Waals surface area contributed by atoms with Crippen LogP contribution in [0.5, 0.6) is 0 Å². The van der Waals surface area contributed by atoms with Crippen LogP contribution in [0.4, 0.5) is 0 Å². The van der Waals surface area contributed by atoms with Gasteiger partial charge in [0.15, 0.2) is 5.76 Å². The fourth-order valence-corrected chi connectivity index (χ4v) is 1.66. The molecule has 3 heterocycles. The van der Waals surface area contributed by atoms with Crippen molar-refractivity contribution in [3.63, 3.8) is 0 Å². The first-order chi connectivity index (χ1) is 8.83. The van der Waals surface area contributed by atoms with Crippen LogP contribution in [0, 0.1) is 0 Å². The van der Waals surface area contributed by atoms with Crippen molar-refractivity contribution >= 4 is 0 Å². The van der Waals surface area contributed by atoms with Gasteiger partial charge >= 0.3 is 5.63 Å². The van der Waals surface area contributed by atoms with Crippen molar-refractivity contribution in [2.75, 3.05) is 0 Å². The van der Waals surface area contributed by atoms with Gasteiger partial charge in [0.1, 0.15) is 5.69 Å². The van der Waals surface area contributed by atoms with Gasteiger partial charge in [-0.25, -0.2) is 9.78 Å². The molecule has 0 aliphatic carbocycles. The predicted molar refractivity (Wildman–Crippen MR) is 65.3 cm³/mol. The van der Waals surface area contributed by atoms with E-state index in [0.717, 1.165) is 0 Å². The molecule has 3 rings (SSSR count). The summed E-state index contributed by atoms with van der Waals surface area (Å²) in [5.74, 6) is 0.437. The quantitative estimate of drug-likeness (QED) is 0.685. The molecule has 0 saturated carbocycles. The maximum Gasteiger partial charge on any atom is 0.338 e. The molecule has 3 aromatic heterocycles. The van der Waals surface area contributed by atoms with E-state index in [1.165, 1.54) is 6.07 Å². The summed E-state index contributed by atoms with van der Waals surface area (Å²) in [5, 5.41) is 0. The van der Waals surface area contributed by atoms with E-state index in [4.69, 9.17) is 4.42 Å². The highest BCUT2D eigenvalue weighted by Crippen LogP contribution is 2.17. The van der Waals surface area contributed by atoms with Crippen molar-refractivity contribution in [3.05, 3.63) is 65.7 Å². The molecule has 5 heteroatoms. The van der Waals surface area contributed by atoms with Gasteiger partial charge in [-0.2, -0.15) is 0 Å². The molecule has 0 radical (unpaired) electrons. The molecular formula is C13H9N3O2. The van der Waals surface area contributed by atoms with Gasteiger partial charge in [-0.3, -0.25) is 4.98 Å². The number of imidazole rings is 1. The smallest absolute Gasteiger partial charge is 0.338 e. The van der Waals surface area contributed by atoms with Crippen LogP contribution in [0.1, 0.15) is 0 Å². The first-order valence-electron chi connectivity index (χ1n) is 5.38. The summed E-state index contributed by atoms with van der Waals surface area (Å²) in [6.45, 7) is 0. The number of rotatable bonds is 2. The molecule has 0 aliphatic heterocycles. The number of aromatic nitrogens is 3. The fraction of sp³-hybridized carbons (Fsp3) is 0. The normalized spacial score (nSPS) is 10.4. The van der Waals surface area contributed by atoms with E-state index in [1.54, 1.807) is 47.7 Å². The lowest BCUT2D eigenvalue weighted by Gasteiger charge is -2.03. The minimum atomic E-state index is -0.415. The molecule has 0 unspecified atom stereocenters. The van der Waals surface area contributed by atoms with Crippen molar-refractivity contribution < 1.29 is 4.42 Å². The van der Waals surface area contributed by atoms with Crippen LogP contribution < -0.4 is 5.63 Å². The first kappa shape index (κ1) is 10.5. The third-order valence-corrected chi connectivity index (χ3v) is 2.48. The average molecular weight is 239 g/mol. The van der Waals surface area contributed by atoms with Gasteiger partial charge in [0.05, 0.1) is 12.0 Å². The molecule has 0 spiro atoms. The molecule has 0 N–H and O–H groups in total. The van der Waals surface area contributed by atoms with Gasteiger partial charge in [0.25, 0.3) is 0 Å². The topological polar surface area (TPSA) is 60.9 Å². The summed E-state index contributed by atoms with van der Waals surface area (Å²) in [7, 11) is 0. The van der Waals surface area contributed by atoms with Crippen LogP contribution in [0.25, 0.3) is 17.1 Å². The third-order valence-electron chi connectivity index (χ3n) is 2.48. The van der Waals surface area contributed by atoms with Crippen molar-refractivity contribution in [1.29, 1.82) is 0 Å². The van der Waals surface area contributed by atoms with E-state index < -0.39 is 5.63 Å². The van der Waals surface area contributed by atoms with Crippen LogP contribution in [-0.4, -0.2) is 14.5 Å². The Morgan fingerprint density at radius 3 is 2.83 bits per heavy atom. The van der Waals surface area contributed by atoms with Crippen LogP contribution in [0.3, 0.4) is 0 Å². The van der Waals surface area contributed by atoms with Gasteiger partial charge in [0, 0.05) is 30.7 Å². The minimum absolute atomic E-state index is 0.415. The summed E-state index contributed by atoms with van der Waals surface area (Å²) in [6, 6.07) is 8.60. The third kappa shape index (κ3) is 1.93. The number of nitrogens with zero attached hydrogens (tertiary/aromatic N) is 3. The van der Waals surface area contributed by atoms with E-state index in [9.17, 15) is 4.79 Å². The Labute approximate surface area is 102 Å². The van der Waals surface area contributed by atoms with Crippen LogP contribution in [-0.2, 0) is 0 Å². The van der Waals surface area contributed by atoms with E-state index >= 15 is 0 Å². The van der Waals surface area contributed by atoms with Gasteiger partial charge in [-0.05, 0) is 12.1 Å². The van der Waals surface area contributed by atoms with E-state index in [-0.39, 0.29) is 0 Å². The maximum atomic E-state index is 11.6. The standard InChI is InChI=1S/C13H9N3O2/c17-13-8-10(16-6-5-14-9-16)7-12(18-13)11-3-1-2-4-15-11/h1-9H. The van der Waals surface area contributed by atoms with Gasteiger partial charge < -0.3 is 8.98 Å². The predicted octanol–water partition coefficient (Wildman–Crippen LogP) is 1.89. The Hall–Kier alpha value is -2.69. The lowest BCUT2D eigenvalue weighted by Crippen LogP contribution is -2.02. The molecule has 88 valence electrons. The zero-order valence-electron chi connectivity index (χ0n) is 9.35. The lowest BCUT2D eigenvalue weighted by atomic mass is 10.2. The summed E-state index contributed by atoms with van der Waals surface area (Å²) < 4.78 is 6.89. The van der Waals surface area contributed by atoms with Crippen molar-refractivity contribution in [2.45, 2.75) is 0 Å². The lowest BCUT2D eigenvalue weighted by molar-refractivity contribution is 0.523. The number of hydrogen-bond donors (Lipinski definition) is 0. The average Bonchev–Trinajstić information content (AvgIpc) is 2.93. The highest BCUT2D eigenvalue weighted by molar-refractivity contribution is 5.54. The monoisotopic (exact) mass is 239 g/mol. The molecule has 0 aromatic carbocycles. The summed E-state index contributed by atoms with van der Waals surface area (Å²) in [5.41, 5.74) is 0.905. The second-order valence-corrected chi connectivity index (χ2v) is 3.68. The van der Waals surface area contributed by atoms with E-state index in [2.05, 4.69) is 9.97 Å². The van der Waals surface area contributed by atoms with Crippen LogP contribution in [0.15, 0.2) is 64.5 Å². The molecule has 0 fully saturated rings. The Balaban J connectivity index is 2.15. The molecule has 5 nitrogen and oxygen atoms in total. The second kappa shape index (κ2) is 4.29. The Morgan fingerprint density at radius 2 is 2.11 bits per heavy atom. The Morgan fingerprint density at radius 1 is 1.17 bits per heavy atom. The molecular weight excluding hydrogens is 230 g/mol. The van der Waals surface area contributed by atoms with E-state index in [0.29, 0.717) is 17.1 Å². The zero-order valence-corrected chi connectivity index (χ0v) is 9.35. The molecule has 0 saturated heterocycles. The Bertz CT molecular complexity index is 703. The summed E-state index contributed by atoms with van der Waals surface area (Å²) >= 11 is 0. The summed E-state index contributed by atoms with van der Waals surface area (Å²) in [4.78, 5) is 19.7. The second-order valence-electron chi connectivity index (χ2n) is 3.68. The van der Waals surface area contributed by atoms with Crippen molar-refractivity contribution in [3.8, 4) is 17.1 Å². The van der Waals surface area contributed by atoms with Gasteiger partial charge in [-0.15, -0.1) is 0 Å². The summed E-state index contributed by atoms with van der Waals surface area (Å²) in [6.07, 6.45) is 6.68. The first-order valence-corrected chi connectivity index (χ1v) is 5.38. The molecule has 0 atom stereocenters. The SMILES string of the molecule is O=c1cc(-n2ccnc2)cc(-c2ccccn2)o1. The van der Waals surface area contributed by atoms with Crippen molar-refractivity contribution in [2.24, 2.45) is 0 Å². The van der Waals surface area contributed by atoms with Crippen molar-refractivity contribution in [1.82, 2.24) is 14.5 Å². The minimum Gasteiger partial charge on any atom is -0.421 e. The molecule has 18 heavy (non-hydrogen) atoms. The largest absolute Gasteiger partial charge is 0.421 e. The van der Waals surface area contributed by atoms with Gasteiger partial charge in [-0.1, -0.05) is 6.07 Å². The number of pyridine rings is 1. The van der Waals surface area contributed by atoms with Gasteiger partial charge in [0.2, 0.25) is 0 Å². The maximum absolute atomic E-state index is 11.6. The van der Waals surface area contributed by atoms with Crippen LogP contribution >= 0.6 is 0 Å². The fourth-order valence-electron chi connectivity index (χ4n) is 1.66. The number of hydrogen-bond acceptors (Lipinski definition) is 4. The molecule has 0 amide bonds. The Kier molecular flexibility index (Phi) is 2.49. The molecule has 3 aromatic rings. The zero-order chi connectivity index (χ0) is 12.4. The van der Waals surface area contributed by atoms with Crippen LogP contribution in [0.2, 0.25) is 0 Å². The van der Waals surface area contributed by atoms with E-state index in [1.807, 2.05) is 6.07 Å². The highest BCUT2D eigenvalue weighted by atomic mass is 16.4. The molecule has 0 aliphatic rings. The molecule has 0 bridgehead atoms. The highest BCUT2D eigenvalue weighted by Gasteiger charge is 2.06.